The second kappa shape index (κ2) is 5.28. The van der Waals surface area contributed by atoms with Crippen LogP contribution in [0.25, 0.3) is 0 Å². The maximum Gasteiger partial charge on any atom is 0.433 e. The number of hydrogen-bond acceptors (Lipinski definition) is 5. The lowest BCUT2D eigenvalue weighted by atomic mass is 10.4. The van der Waals surface area contributed by atoms with E-state index in [0.717, 1.165) is 7.11 Å². The molecule has 0 fully saturated rings. The third kappa shape index (κ3) is 5.90. The largest absolute Gasteiger partial charge is 0.451 e. The van der Waals surface area contributed by atoms with Crippen molar-refractivity contribution in [3.8, 4) is 0 Å². The van der Waals surface area contributed by atoms with Crippen LogP contribution in [0, 0.1) is 0 Å². The lowest BCUT2D eigenvalue weighted by Crippen LogP contribution is -2.36. The minimum atomic E-state index is -4.36. The highest BCUT2D eigenvalue weighted by molar-refractivity contribution is 7.51. The Morgan fingerprint density at radius 3 is 2.43 bits per heavy atom. The second-order valence-electron chi connectivity index (χ2n) is 2.55. The molecular formula is C5H12NO7P. The first-order valence-corrected chi connectivity index (χ1v) is 5.33. The summed E-state index contributed by atoms with van der Waals surface area (Å²) in [5.41, 5.74) is 0. The highest BCUT2D eigenvalue weighted by Gasteiger charge is 2.23. The second-order valence-corrected chi connectivity index (χ2v) is 4.25. The molecule has 0 aromatic rings. The van der Waals surface area contributed by atoms with Gasteiger partial charge in [0.05, 0.1) is 25.9 Å². The van der Waals surface area contributed by atoms with Gasteiger partial charge in [-0.1, -0.05) is 0 Å². The van der Waals surface area contributed by atoms with Gasteiger partial charge in [-0.15, -0.1) is 0 Å². The number of hydrogen-bond donors (Lipinski definition) is 4. The van der Waals surface area contributed by atoms with Gasteiger partial charge in [-0.2, -0.15) is 5.06 Å². The minimum absolute atomic E-state index is 0.0281. The summed E-state index contributed by atoms with van der Waals surface area (Å²) in [7, 11) is -3.34. The fourth-order valence-corrected chi connectivity index (χ4v) is 1.38. The SMILES string of the molecule is COC(=O)N(O)CC(O)CP(=O)(O)O. The molecule has 0 rings (SSSR count). The molecule has 0 heterocycles. The van der Waals surface area contributed by atoms with Crippen molar-refractivity contribution in [2.75, 3.05) is 19.8 Å². The molecule has 8 nitrogen and oxygen atoms in total. The number of rotatable bonds is 4. The van der Waals surface area contributed by atoms with Crippen molar-refractivity contribution in [1.82, 2.24) is 5.06 Å². The molecule has 0 bridgehead atoms. The Balaban J connectivity index is 4.00. The molecule has 0 aromatic heterocycles. The fraction of sp³-hybridized carbons (Fsp3) is 0.800. The zero-order valence-electron chi connectivity index (χ0n) is 7.40. The number of nitrogens with zero attached hydrogens (tertiary/aromatic N) is 1. The average Bonchev–Trinajstić information content (AvgIpc) is 1.99. The van der Waals surface area contributed by atoms with E-state index < -0.39 is 32.5 Å². The van der Waals surface area contributed by atoms with Crippen LogP contribution in [0.4, 0.5) is 4.79 Å². The molecule has 9 heteroatoms. The quantitative estimate of drug-likeness (QED) is 0.276. The Morgan fingerprint density at radius 1 is 1.57 bits per heavy atom. The summed E-state index contributed by atoms with van der Waals surface area (Å²) in [4.78, 5) is 27.4. The highest BCUT2D eigenvalue weighted by atomic mass is 31.2. The van der Waals surface area contributed by atoms with Crippen LogP contribution in [-0.4, -0.2) is 57.2 Å². The maximum atomic E-state index is 10.6. The molecule has 0 aromatic carbocycles. The van der Waals surface area contributed by atoms with Crippen molar-refractivity contribution in [3.05, 3.63) is 0 Å². The van der Waals surface area contributed by atoms with Crippen molar-refractivity contribution in [2.24, 2.45) is 0 Å². The van der Waals surface area contributed by atoms with E-state index in [9.17, 15) is 9.36 Å². The molecular weight excluding hydrogens is 217 g/mol. The number of methoxy groups -OCH3 is 1. The van der Waals surface area contributed by atoms with Gasteiger partial charge in [-0.05, 0) is 0 Å². The Kier molecular flexibility index (Phi) is 5.03. The van der Waals surface area contributed by atoms with E-state index in [1.165, 1.54) is 0 Å². The number of aliphatic hydroxyl groups excluding tert-OH is 1. The van der Waals surface area contributed by atoms with E-state index in [1.807, 2.05) is 0 Å². The summed E-state index contributed by atoms with van der Waals surface area (Å²) in [5.74, 6) is 0. The van der Waals surface area contributed by atoms with Crippen LogP contribution >= 0.6 is 7.60 Å². The van der Waals surface area contributed by atoms with Gasteiger partial charge in [0, 0.05) is 0 Å². The number of aliphatic hydroxyl groups is 1. The third-order valence-electron chi connectivity index (χ3n) is 1.22. The van der Waals surface area contributed by atoms with Gasteiger partial charge < -0.3 is 19.6 Å². The van der Waals surface area contributed by atoms with Crippen LogP contribution in [0.5, 0.6) is 0 Å². The molecule has 1 amide bonds. The summed E-state index contributed by atoms with van der Waals surface area (Å²) in [6.07, 6.45) is -3.46. The van der Waals surface area contributed by atoms with Crippen molar-refractivity contribution < 1.29 is 34.2 Å². The first-order valence-electron chi connectivity index (χ1n) is 3.53. The van der Waals surface area contributed by atoms with Crippen LogP contribution in [0.3, 0.4) is 0 Å². The number of carbonyl (C=O) groups excluding carboxylic acids is 1. The summed E-state index contributed by atoms with van der Waals surface area (Å²) in [6, 6.07) is 0. The van der Waals surface area contributed by atoms with Crippen LogP contribution in [0.15, 0.2) is 0 Å². The summed E-state index contributed by atoms with van der Waals surface area (Å²) < 4.78 is 14.5. The smallest absolute Gasteiger partial charge is 0.433 e. The first kappa shape index (κ1) is 13.3. The van der Waals surface area contributed by atoms with Gasteiger partial charge in [-0.3, -0.25) is 9.77 Å². The Morgan fingerprint density at radius 2 is 2.07 bits per heavy atom. The molecule has 1 unspecified atom stereocenters. The minimum Gasteiger partial charge on any atom is -0.451 e. The standard InChI is InChI=1S/C5H12NO7P/c1-13-5(8)6(9)2-4(7)3-14(10,11)12/h4,7,9H,2-3H2,1H3,(H2,10,11,12). The van der Waals surface area contributed by atoms with Gasteiger partial charge in [0.2, 0.25) is 0 Å². The summed E-state index contributed by atoms with van der Waals surface area (Å²) in [6.45, 7) is -0.627. The summed E-state index contributed by atoms with van der Waals surface area (Å²) in [5, 5.41) is 17.9. The predicted octanol–water partition coefficient (Wildman–Crippen LogP) is -1.02. The molecule has 1 atom stereocenters. The van der Waals surface area contributed by atoms with Gasteiger partial charge in [0.15, 0.2) is 0 Å². The molecule has 0 aliphatic heterocycles. The maximum absolute atomic E-state index is 10.6. The van der Waals surface area contributed by atoms with Crippen LogP contribution in [0.2, 0.25) is 0 Å². The molecule has 0 aliphatic rings. The molecule has 0 radical (unpaired) electrons. The van der Waals surface area contributed by atoms with E-state index in [-0.39, 0.29) is 5.06 Å². The van der Waals surface area contributed by atoms with Crippen LogP contribution in [0.1, 0.15) is 0 Å². The van der Waals surface area contributed by atoms with Crippen molar-refractivity contribution in [2.45, 2.75) is 6.10 Å². The Hall–Kier alpha value is -0.660. The van der Waals surface area contributed by atoms with Crippen molar-refractivity contribution >= 4 is 13.7 Å². The molecule has 0 aliphatic carbocycles. The van der Waals surface area contributed by atoms with E-state index in [0.29, 0.717) is 0 Å². The first-order chi connectivity index (χ1) is 6.26. The molecule has 0 saturated heterocycles. The normalized spacial score (nSPS) is 13.5. The Labute approximate surface area is 79.8 Å². The third-order valence-corrected chi connectivity index (χ3v) is 2.11. The topological polar surface area (TPSA) is 128 Å². The van der Waals surface area contributed by atoms with E-state index >= 15 is 0 Å². The van der Waals surface area contributed by atoms with Gasteiger partial charge in [0.25, 0.3) is 0 Å². The van der Waals surface area contributed by atoms with Crippen LogP contribution in [-0.2, 0) is 9.30 Å². The zero-order valence-corrected chi connectivity index (χ0v) is 8.29. The van der Waals surface area contributed by atoms with Crippen LogP contribution < -0.4 is 0 Å². The number of hydroxylamine groups is 2. The van der Waals surface area contributed by atoms with Gasteiger partial charge in [0.1, 0.15) is 0 Å². The predicted molar refractivity (Wildman–Crippen MR) is 43.8 cm³/mol. The monoisotopic (exact) mass is 229 g/mol. The number of carbonyl (C=O) groups is 1. The van der Waals surface area contributed by atoms with Crippen molar-refractivity contribution in [1.29, 1.82) is 0 Å². The molecule has 4 N–H and O–H groups in total. The van der Waals surface area contributed by atoms with E-state index in [1.54, 1.807) is 0 Å². The average molecular weight is 229 g/mol. The fourth-order valence-electron chi connectivity index (χ4n) is 0.712. The highest BCUT2D eigenvalue weighted by Crippen LogP contribution is 2.34. The Bertz CT molecular complexity index is 238. The lowest BCUT2D eigenvalue weighted by molar-refractivity contribution is -0.0876. The number of amides is 1. The molecule has 0 saturated carbocycles. The van der Waals surface area contributed by atoms with Crippen molar-refractivity contribution in [3.63, 3.8) is 0 Å². The molecule has 84 valence electrons. The molecule has 0 spiro atoms. The lowest BCUT2D eigenvalue weighted by Gasteiger charge is -2.17. The summed E-state index contributed by atoms with van der Waals surface area (Å²) >= 11 is 0. The zero-order chi connectivity index (χ0) is 11.4. The van der Waals surface area contributed by atoms with E-state index in [2.05, 4.69) is 4.74 Å². The van der Waals surface area contributed by atoms with E-state index in [4.69, 9.17) is 20.1 Å². The molecule has 14 heavy (non-hydrogen) atoms. The number of ether oxygens (including phenoxy) is 1. The van der Waals surface area contributed by atoms with Gasteiger partial charge >= 0.3 is 13.7 Å². The van der Waals surface area contributed by atoms with Gasteiger partial charge in [-0.25, -0.2) is 4.79 Å².